The monoisotopic (exact) mass is 314 g/mol. The Bertz CT molecular complexity index is 403. The lowest BCUT2D eigenvalue weighted by atomic mass is 10.1. The highest BCUT2D eigenvalue weighted by Crippen LogP contribution is 2.28. The molecule has 0 bridgehead atoms. The molecule has 0 spiro atoms. The predicted molar refractivity (Wildman–Crippen MR) is 89.3 cm³/mol. The van der Waals surface area contributed by atoms with Gasteiger partial charge >= 0.3 is 0 Å². The van der Waals surface area contributed by atoms with E-state index in [0.717, 1.165) is 42.6 Å². The molecule has 0 fully saturated rings. The third-order valence-corrected chi connectivity index (χ3v) is 3.56. The Hall–Kier alpha value is -0.810. The van der Waals surface area contributed by atoms with Gasteiger partial charge in [0.15, 0.2) is 0 Å². The van der Waals surface area contributed by atoms with Gasteiger partial charge in [-0.2, -0.15) is 0 Å². The highest BCUT2D eigenvalue weighted by Gasteiger charge is 2.12. The molecular weight excluding hydrogens is 288 g/mol. The molecule has 1 atom stereocenters. The summed E-state index contributed by atoms with van der Waals surface area (Å²) in [5.41, 5.74) is 7.93. The Labute approximate surface area is 133 Å². The standard InChI is InChI=1S/C16H27ClN2O2/c1-4-20-10-8-19(9-11-21-5-2)16-7-6-14(13(3)18)12-15(16)17/h6-7,12-13H,4-5,8-11,18H2,1-3H3/t13-/m0/s1. The number of ether oxygens (including phenoxy) is 2. The average Bonchev–Trinajstić information content (AvgIpc) is 2.46. The van der Waals surface area contributed by atoms with Crippen LogP contribution in [0, 0.1) is 0 Å². The molecular formula is C16H27ClN2O2. The molecule has 120 valence electrons. The van der Waals surface area contributed by atoms with E-state index in [0.29, 0.717) is 13.2 Å². The maximum atomic E-state index is 6.41. The Morgan fingerprint density at radius 1 is 1.14 bits per heavy atom. The van der Waals surface area contributed by atoms with Crippen molar-refractivity contribution < 1.29 is 9.47 Å². The zero-order valence-corrected chi connectivity index (χ0v) is 14.0. The first kappa shape index (κ1) is 18.2. The van der Waals surface area contributed by atoms with Crippen LogP contribution in [-0.4, -0.2) is 39.5 Å². The maximum Gasteiger partial charge on any atom is 0.0642 e. The smallest absolute Gasteiger partial charge is 0.0642 e. The van der Waals surface area contributed by atoms with Gasteiger partial charge in [-0.1, -0.05) is 17.7 Å². The second-order valence-corrected chi connectivity index (χ2v) is 5.29. The van der Waals surface area contributed by atoms with Gasteiger partial charge in [0.2, 0.25) is 0 Å². The molecule has 0 aliphatic heterocycles. The summed E-state index contributed by atoms with van der Waals surface area (Å²) in [5.74, 6) is 0. The SMILES string of the molecule is CCOCCN(CCOCC)c1ccc([C@H](C)N)cc1Cl. The zero-order chi connectivity index (χ0) is 15.7. The van der Waals surface area contributed by atoms with E-state index in [2.05, 4.69) is 4.90 Å². The molecule has 5 heteroatoms. The molecule has 0 saturated carbocycles. The van der Waals surface area contributed by atoms with Crippen molar-refractivity contribution in [1.29, 1.82) is 0 Å². The number of halogens is 1. The van der Waals surface area contributed by atoms with Gasteiger partial charge in [-0.05, 0) is 38.5 Å². The number of rotatable bonds is 10. The number of nitrogens with two attached hydrogens (primary N) is 1. The van der Waals surface area contributed by atoms with Crippen LogP contribution in [-0.2, 0) is 9.47 Å². The van der Waals surface area contributed by atoms with Crippen LogP contribution in [0.4, 0.5) is 5.69 Å². The number of hydrogen-bond acceptors (Lipinski definition) is 4. The van der Waals surface area contributed by atoms with E-state index in [-0.39, 0.29) is 6.04 Å². The molecule has 0 unspecified atom stereocenters. The summed E-state index contributed by atoms with van der Waals surface area (Å²) in [5, 5.41) is 0.720. The van der Waals surface area contributed by atoms with Crippen LogP contribution in [0.3, 0.4) is 0 Å². The lowest BCUT2D eigenvalue weighted by Crippen LogP contribution is -2.31. The van der Waals surface area contributed by atoms with Crippen molar-refractivity contribution in [3.05, 3.63) is 28.8 Å². The molecule has 0 heterocycles. The van der Waals surface area contributed by atoms with Crippen molar-refractivity contribution in [3.8, 4) is 0 Å². The fourth-order valence-corrected chi connectivity index (χ4v) is 2.36. The quantitative estimate of drug-likeness (QED) is 0.674. The van der Waals surface area contributed by atoms with Crippen LogP contribution < -0.4 is 10.6 Å². The lowest BCUT2D eigenvalue weighted by molar-refractivity contribution is 0.141. The van der Waals surface area contributed by atoms with Crippen molar-refractivity contribution in [2.45, 2.75) is 26.8 Å². The van der Waals surface area contributed by atoms with Crippen LogP contribution in [0.25, 0.3) is 0 Å². The topological polar surface area (TPSA) is 47.7 Å². The molecule has 21 heavy (non-hydrogen) atoms. The van der Waals surface area contributed by atoms with Gasteiger partial charge in [0.1, 0.15) is 0 Å². The number of anilines is 1. The van der Waals surface area contributed by atoms with Crippen LogP contribution in [0.1, 0.15) is 32.4 Å². The van der Waals surface area contributed by atoms with Crippen molar-refractivity contribution >= 4 is 17.3 Å². The summed E-state index contributed by atoms with van der Waals surface area (Å²) < 4.78 is 10.9. The summed E-state index contributed by atoms with van der Waals surface area (Å²) in [7, 11) is 0. The number of nitrogens with zero attached hydrogens (tertiary/aromatic N) is 1. The van der Waals surface area contributed by atoms with Gasteiger partial charge in [-0.25, -0.2) is 0 Å². The van der Waals surface area contributed by atoms with E-state index in [4.69, 9.17) is 26.8 Å². The van der Waals surface area contributed by atoms with Gasteiger partial charge in [-0.15, -0.1) is 0 Å². The number of benzene rings is 1. The molecule has 0 aliphatic carbocycles. The van der Waals surface area contributed by atoms with E-state index in [9.17, 15) is 0 Å². The highest BCUT2D eigenvalue weighted by molar-refractivity contribution is 6.33. The van der Waals surface area contributed by atoms with Gasteiger partial charge in [0.05, 0.1) is 23.9 Å². The van der Waals surface area contributed by atoms with Crippen molar-refractivity contribution in [2.75, 3.05) is 44.4 Å². The normalized spacial score (nSPS) is 12.4. The average molecular weight is 315 g/mol. The highest BCUT2D eigenvalue weighted by atomic mass is 35.5. The van der Waals surface area contributed by atoms with Gasteiger partial charge in [-0.3, -0.25) is 0 Å². The predicted octanol–water partition coefficient (Wildman–Crippen LogP) is 3.24. The first-order valence-electron chi connectivity index (χ1n) is 7.55. The molecule has 4 nitrogen and oxygen atoms in total. The first-order valence-corrected chi connectivity index (χ1v) is 7.93. The minimum atomic E-state index is -0.0168. The van der Waals surface area contributed by atoms with Crippen LogP contribution in [0.5, 0.6) is 0 Å². The Balaban J connectivity index is 2.79. The van der Waals surface area contributed by atoms with E-state index in [1.54, 1.807) is 0 Å². The fraction of sp³-hybridized carbons (Fsp3) is 0.625. The second-order valence-electron chi connectivity index (χ2n) is 4.88. The molecule has 0 amide bonds. The van der Waals surface area contributed by atoms with Gasteiger partial charge in [0.25, 0.3) is 0 Å². The largest absolute Gasteiger partial charge is 0.380 e. The molecule has 1 aromatic carbocycles. The molecule has 0 aliphatic rings. The molecule has 1 rings (SSSR count). The minimum Gasteiger partial charge on any atom is -0.380 e. The van der Waals surface area contributed by atoms with E-state index in [1.807, 2.05) is 39.0 Å². The minimum absolute atomic E-state index is 0.0168. The van der Waals surface area contributed by atoms with Crippen LogP contribution in [0.15, 0.2) is 18.2 Å². The molecule has 0 saturated heterocycles. The maximum absolute atomic E-state index is 6.41. The molecule has 0 aromatic heterocycles. The number of hydrogen-bond donors (Lipinski definition) is 1. The summed E-state index contributed by atoms with van der Waals surface area (Å²) in [6.45, 7) is 10.3. The van der Waals surface area contributed by atoms with Crippen LogP contribution in [0.2, 0.25) is 5.02 Å². The zero-order valence-electron chi connectivity index (χ0n) is 13.3. The summed E-state index contributed by atoms with van der Waals surface area (Å²) >= 11 is 6.41. The Morgan fingerprint density at radius 2 is 1.71 bits per heavy atom. The van der Waals surface area contributed by atoms with E-state index < -0.39 is 0 Å². The lowest BCUT2D eigenvalue weighted by Gasteiger charge is -2.26. The summed E-state index contributed by atoms with van der Waals surface area (Å²) in [4.78, 5) is 2.19. The Kier molecular flexibility index (Phi) is 8.69. The summed E-state index contributed by atoms with van der Waals surface area (Å²) in [6, 6.07) is 5.98. The van der Waals surface area contributed by atoms with Crippen molar-refractivity contribution in [3.63, 3.8) is 0 Å². The third kappa shape index (κ3) is 6.22. The van der Waals surface area contributed by atoms with Crippen molar-refractivity contribution in [2.24, 2.45) is 5.73 Å². The third-order valence-electron chi connectivity index (χ3n) is 3.26. The van der Waals surface area contributed by atoms with E-state index in [1.165, 1.54) is 0 Å². The molecule has 2 N–H and O–H groups in total. The van der Waals surface area contributed by atoms with Gasteiger partial charge in [0, 0.05) is 32.3 Å². The Morgan fingerprint density at radius 3 is 2.14 bits per heavy atom. The fourth-order valence-electron chi connectivity index (χ4n) is 2.05. The second kappa shape index (κ2) is 10.0. The first-order chi connectivity index (χ1) is 10.1. The molecule has 0 radical (unpaired) electrons. The van der Waals surface area contributed by atoms with Gasteiger partial charge < -0.3 is 20.1 Å². The van der Waals surface area contributed by atoms with Crippen LogP contribution >= 0.6 is 11.6 Å². The van der Waals surface area contributed by atoms with Crippen molar-refractivity contribution in [1.82, 2.24) is 0 Å². The summed E-state index contributed by atoms with van der Waals surface area (Å²) in [6.07, 6.45) is 0. The molecule has 1 aromatic rings. The van der Waals surface area contributed by atoms with E-state index >= 15 is 0 Å².